The second-order valence-electron chi connectivity index (χ2n) is 3.64. The number of hydrogen-bond donors (Lipinski definition) is 5. The van der Waals surface area contributed by atoms with Gasteiger partial charge in [-0.25, -0.2) is 0 Å². The fourth-order valence-corrected chi connectivity index (χ4v) is 1.47. The van der Waals surface area contributed by atoms with Crippen LogP contribution in [0.4, 0.5) is 0 Å². The molecule has 1 rings (SSSR count). The van der Waals surface area contributed by atoms with Crippen LogP contribution in [0.15, 0.2) is 18.2 Å². The van der Waals surface area contributed by atoms with Crippen LogP contribution in [0, 0.1) is 0 Å². The Labute approximate surface area is 93.8 Å². The van der Waals surface area contributed by atoms with Crippen LogP contribution in [-0.4, -0.2) is 33.1 Å². The van der Waals surface area contributed by atoms with Crippen LogP contribution in [0.1, 0.15) is 23.7 Å². The molecular weight excluding hydrogens is 210 g/mol. The van der Waals surface area contributed by atoms with Crippen LogP contribution in [0.25, 0.3) is 0 Å². The molecule has 0 spiro atoms. The van der Waals surface area contributed by atoms with Gasteiger partial charge in [0.25, 0.3) is 0 Å². The molecule has 2 atom stereocenters. The zero-order valence-electron chi connectivity index (χ0n) is 8.87. The maximum absolute atomic E-state index is 9.76. The summed E-state index contributed by atoms with van der Waals surface area (Å²) in [7, 11) is 0. The van der Waals surface area contributed by atoms with E-state index in [0.29, 0.717) is 11.1 Å². The summed E-state index contributed by atoms with van der Waals surface area (Å²) in [5.41, 5.74) is 6.04. The molecule has 0 aliphatic carbocycles. The number of benzene rings is 1. The van der Waals surface area contributed by atoms with Crippen LogP contribution >= 0.6 is 0 Å². The highest BCUT2D eigenvalue weighted by Crippen LogP contribution is 2.24. The molecule has 0 saturated carbocycles. The maximum atomic E-state index is 9.76. The van der Waals surface area contributed by atoms with Crippen LogP contribution in [0.5, 0.6) is 5.75 Å². The quantitative estimate of drug-likeness (QED) is 0.471. The maximum Gasteiger partial charge on any atom is 0.121 e. The molecule has 6 N–H and O–H groups in total. The van der Waals surface area contributed by atoms with Crippen LogP contribution in [0.3, 0.4) is 0 Å². The summed E-state index contributed by atoms with van der Waals surface area (Å²) in [6, 6.07) is 4.33. The minimum Gasteiger partial charge on any atom is -0.508 e. The third-order valence-electron chi connectivity index (χ3n) is 2.44. The molecule has 0 bridgehead atoms. The van der Waals surface area contributed by atoms with E-state index in [0.717, 1.165) is 0 Å². The van der Waals surface area contributed by atoms with Gasteiger partial charge in [0.15, 0.2) is 0 Å². The first-order valence-corrected chi connectivity index (χ1v) is 5.09. The minimum absolute atomic E-state index is 0.0354. The Balaban J connectivity index is 2.87. The van der Waals surface area contributed by atoms with Crippen molar-refractivity contribution in [1.29, 1.82) is 0 Å². The fraction of sp³-hybridized carbons (Fsp3) is 0.455. The minimum atomic E-state index is -1.06. The first-order chi connectivity index (χ1) is 7.60. The summed E-state index contributed by atoms with van der Waals surface area (Å²) in [5.74, 6) is -0.0354. The number of nitrogens with two attached hydrogens (primary N) is 1. The number of hydrogen-bond acceptors (Lipinski definition) is 5. The average Bonchev–Trinajstić information content (AvgIpc) is 2.29. The predicted octanol–water partition coefficient (Wildman–Crippen LogP) is -0.372. The normalized spacial score (nSPS) is 14.8. The van der Waals surface area contributed by atoms with Gasteiger partial charge in [-0.15, -0.1) is 0 Å². The zero-order valence-corrected chi connectivity index (χ0v) is 8.87. The zero-order chi connectivity index (χ0) is 12.1. The first-order valence-electron chi connectivity index (χ1n) is 5.09. The molecule has 0 aliphatic heterocycles. The van der Waals surface area contributed by atoms with Crippen molar-refractivity contribution in [3.63, 3.8) is 0 Å². The van der Waals surface area contributed by atoms with E-state index in [-0.39, 0.29) is 25.3 Å². The van der Waals surface area contributed by atoms with Gasteiger partial charge in [0.05, 0.1) is 12.7 Å². The van der Waals surface area contributed by atoms with E-state index in [1.54, 1.807) is 0 Å². The standard InChI is InChI=1S/C11H17NO4/c12-4-3-10(15)11(16)7-1-2-9(14)8(5-7)6-13/h1-2,5,10-11,13-16H,3-4,6,12H2. The SMILES string of the molecule is NCCC(O)C(O)c1ccc(O)c(CO)c1. The summed E-state index contributed by atoms with van der Waals surface area (Å²) >= 11 is 0. The molecule has 90 valence electrons. The third kappa shape index (κ3) is 2.93. The molecular formula is C11H17NO4. The number of aliphatic hydroxyl groups excluding tert-OH is 3. The van der Waals surface area contributed by atoms with Crippen molar-refractivity contribution in [3.05, 3.63) is 29.3 Å². The lowest BCUT2D eigenvalue weighted by Crippen LogP contribution is -2.21. The number of rotatable bonds is 5. The lowest BCUT2D eigenvalue weighted by Gasteiger charge is -2.18. The molecule has 0 fully saturated rings. The average molecular weight is 227 g/mol. The van der Waals surface area contributed by atoms with Gasteiger partial charge in [-0.05, 0) is 30.7 Å². The first kappa shape index (κ1) is 12.9. The van der Waals surface area contributed by atoms with Crippen LogP contribution < -0.4 is 5.73 Å². The molecule has 0 amide bonds. The smallest absolute Gasteiger partial charge is 0.121 e. The largest absolute Gasteiger partial charge is 0.508 e. The van der Waals surface area contributed by atoms with Crippen molar-refractivity contribution in [2.45, 2.75) is 25.2 Å². The Hall–Kier alpha value is -1.14. The molecule has 0 saturated heterocycles. The van der Waals surface area contributed by atoms with E-state index in [9.17, 15) is 15.3 Å². The lowest BCUT2D eigenvalue weighted by molar-refractivity contribution is 0.0149. The Bertz CT molecular complexity index is 343. The van der Waals surface area contributed by atoms with Gasteiger partial charge in [0.2, 0.25) is 0 Å². The van der Waals surface area contributed by atoms with Crippen LogP contribution in [0.2, 0.25) is 0 Å². The van der Waals surface area contributed by atoms with Crippen molar-refractivity contribution < 1.29 is 20.4 Å². The number of aromatic hydroxyl groups is 1. The van der Waals surface area contributed by atoms with E-state index in [2.05, 4.69) is 0 Å². The molecule has 1 aromatic rings. The molecule has 0 aromatic heterocycles. The molecule has 0 radical (unpaired) electrons. The fourth-order valence-electron chi connectivity index (χ4n) is 1.47. The summed E-state index contributed by atoms with van der Waals surface area (Å²) in [6.07, 6.45) is -1.72. The number of aliphatic hydroxyl groups is 3. The van der Waals surface area contributed by atoms with Gasteiger partial charge in [-0.3, -0.25) is 0 Å². The molecule has 5 nitrogen and oxygen atoms in total. The lowest BCUT2D eigenvalue weighted by atomic mass is 10.00. The van der Waals surface area contributed by atoms with E-state index in [1.165, 1.54) is 18.2 Å². The molecule has 1 aromatic carbocycles. The van der Waals surface area contributed by atoms with Gasteiger partial charge in [-0.1, -0.05) is 6.07 Å². The van der Waals surface area contributed by atoms with Gasteiger partial charge in [-0.2, -0.15) is 0 Å². The topological polar surface area (TPSA) is 107 Å². The Morgan fingerprint density at radius 2 is 1.94 bits per heavy atom. The van der Waals surface area contributed by atoms with E-state index < -0.39 is 12.2 Å². The van der Waals surface area contributed by atoms with Gasteiger partial charge in [0, 0.05) is 5.56 Å². The summed E-state index contributed by atoms with van der Waals surface area (Å²) < 4.78 is 0. The van der Waals surface area contributed by atoms with Gasteiger partial charge >= 0.3 is 0 Å². The molecule has 2 unspecified atom stereocenters. The van der Waals surface area contributed by atoms with Crippen molar-refractivity contribution in [2.75, 3.05) is 6.54 Å². The van der Waals surface area contributed by atoms with Crippen molar-refractivity contribution in [2.24, 2.45) is 5.73 Å². The number of phenols is 1. The predicted molar refractivity (Wildman–Crippen MR) is 58.7 cm³/mol. The summed E-state index contributed by atoms with van der Waals surface area (Å²) in [6.45, 7) is -0.0391. The van der Waals surface area contributed by atoms with Crippen molar-refractivity contribution in [1.82, 2.24) is 0 Å². The molecule has 0 heterocycles. The molecule has 5 heteroatoms. The Kier molecular flexibility index (Phi) is 4.70. The molecule has 0 aliphatic rings. The molecule has 16 heavy (non-hydrogen) atoms. The van der Waals surface area contributed by atoms with E-state index >= 15 is 0 Å². The van der Waals surface area contributed by atoms with Crippen molar-refractivity contribution >= 4 is 0 Å². The van der Waals surface area contributed by atoms with Crippen LogP contribution in [-0.2, 0) is 6.61 Å². The van der Waals surface area contributed by atoms with E-state index in [1.807, 2.05) is 0 Å². The Morgan fingerprint density at radius 3 is 2.50 bits per heavy atom. The summed E-state index contributed by atoms with van der Waals surface area (Å²) in [5, 5.41) is 37.6. The van der Waals surface area contributed by atoms with Crippen molar-refractivity contribution in [3.8, 4) is 5.75 Å². The van der Waals surface area contributed by atoms with Gasteiger partial charge in [0.1, 0.15) is 11.9 Å². The monoisotopic (exact) mass is 227 g/mol. The third-order valence-corrected chi connectivity index (χ3v) is 2.44. The second-order valence-corrected chi connectivity index (χ2v) is 3.64. The summed E-state index contributed by atoms with van der Waals surface area (Å²) in [4.78, 5) is 0. The highest BCUT2D eigenvalue weighted by atomic mass is 16.3. The highest BCUT2D eigenvalue weighted by molar-refractivity contribution is 5.36. The highest BCUT2D eigenvalue weighted by Gasteiger charge is 2.18. The van der Waals surface area contributed by atoms with E-state index in [4.69, 9.17) is 10.8 Å². The Morgan fingerprint density at radius 1 is 1.25 bits per heavy atom. The second kappa shape index (κ2) is 5.81. The van der Waals surface area contributed by atoms with Gasteiger partial charge < -0.3 is 26.2 Å².